The highest BCUT2D eigenvalue weighted by molar-refractivity contribution is 6.13. The second-order valence-electron chi connectivity index (χ2n) is 7.41. The monoisotopic (exact) mass is 373 g/mol. The van der Waals surface area contributed by atoms with Gasteiger partial charge >= 0.3 is 0 Å². The first-order chi connectivity index (χ1) is 14.9. The van der Waals surface area contributed by atoms with Gasteiger partial charge in [-0.05, 0) is 36.4 Å². The Hall–Kier alpha value is -3.12. The van der Waals surface area contributed by atoms with Crippen LogP contribution in [0.2, 0.25) is 0 Å². The van der Waals surface area contributed by atoms with Crippen LogP contribution in [0.15, 0.2) is 40.8 Å². The summed E-state index contributed by atoms with van der Waals surface area (Å²) in [5, 5.41) is 1.78. The van der Waals surface area contributed by atoms with Gasteiger partial charge < -0.3 is 4.42 Å². The predicted molar refractivity (Wildman–Crippen MR) is 115 cm³/mol. The van der Waals surface area contributed by atoms with Gasteiger partial charge in [0.25, 0.3) is 0 Å². The molecule has 2 aromatic carbocycles. The number of fused-ring (bicyclic) bond motifs is 3. The van der Waals surface area contributed by atoms with E-state index in [4.69, 9.17) is 16.5 Å². The molecule has 4 aromatic rings. The number of hydrogen-bond donors (Lipinski definition) is 0. The van der Waals surface area contributed by atoms with Gasteiger partial charge in [0.2, 0.25) is 11.4 Å². The second kappa shape index (κ2) is 6.49. The molecule has 0 N–H and O–H groups in total. The Morgan fingerprint density at radius 2 is 1.75 bits per heavy atom. The van der Waals surface area contributed by atoms with Crippen LogP contribution in [-0.2, 0) is 7.05 Å². The maximum absolute atomic E-state index is 8.60. The van der Waals surface area contributed by atoms with E-state index in [1.807, 2.05) is 56.7 Å². The Morgan fingerprint density at radius 1 is 1.07 bits per heavy atom. The second-order valence-corrected chi connectivity index (χ2v) is 7.41. The zero-order valence-electron chi connectivity index (χ0n) is 20.8. The van der Waals surface area contributed by atoms with Gasteiger partial charge in [0, 0.05) is 35.3 Å². The number of furan rings is 1. The Bertz CT molecular complexity index is 1440. The maximum atomic E-state index is 8.60. The fourth-order valence-electron chi connectivity index (χ4n) is 3.80. The molecule has 1 unspecified atom stereocenters. The fourth-order valence-corrected chi connectivity index (χ4v) is 3.80. The minimum atomic E-state index is -2.47. The van der Waals surface area contributed by atoms with Crippen LogP contribution in [0, 0.1) is 27.3 Å². The number of hydrogen-bond acceptors (Lipinski definition) is 1. The van der Waals surface area contributed by atoms with Crippen LogP contribution in [0.25, 0.3) is 38.0 Å². The SMILES string of the molecule is [2H]C([2H])([2H])C([2H])(C)c1cc(C)[n+](C)c(-c2c(C)ccc3c2oc2c([N+]#[C-])c(C)ccc23)c1. The molecule has 0 bridgehead atoms. The lowest BCUT2D eigenvalue weighted by Crippen LogP contribution is -2.35. The quantitative estimate of drug-likeness (QED) is 0.284. The van der Waals surface area contributed by atoms with Gasteiger partial charge in [-0.1, -0.05) is 38.0 Å². The minimum Gasteiger partial charge on any atom is -0.466 e. The molecule has 0 aliphatic rings. The topological polar surface area (TPSA) is 21.4 Å². The molecule has 1 atom stereocenters. The minimum absolute atomic E-state index is 0.424. The van der Waals surface area contributed by atoms with Crippen molar-refractivity contribution in [3.8, 4) is 11.3 Å². The van der Waals surface area contributed by atoms with E-state index in [-0.39, 0.29) is 0 Å². The molecule has 4 rings (SSSR count). The smallest absolute Gasteiger partial charge is 0.232 e. The van der Waals surface area contributed by atoms with Crippen molar-refractivity contribution >= 4 is 27.6 Å². The van der Waals surface area contributed by atoms with Gasteiger partial charge in [-0.15, -0.1) is 0 Å². The lowest BCUT2D eigenvalue weighted by atomic mass is 9.96. The van der Waals surface area contributed by atoms with E-state index in [0.29, 0.717) is 22.4 Å². The lowest BCUT2D eigenvalue weighted by molar-refractivity contribution is -0.666. The molecule has 3 nitrogen and oxygen atoms in total. The van der Waals surface area contributed by atoms with Crippen molar-refractivity contribution in [1.82, 2.24) is 0 Å². The molecule has 0 spiro atoms. The van der Waals surface area contributed by atoms with Gasteiger partial charge in [-0.3, -0.25) is 0 Å². The first-order valence-corrected chi connectivity index (χ1v) is 9.23. The Morgan fingerprint density at radius 3 is 2.43 bits per heavy atom. The first-order valence-electron chi connectivity index (χ1n) is 11.2. The highest BCUT2D eigenvalue weighted by Gasteiger charge is 2.24. The summed E-state index contributed by atoms with van der Waals surface area (Å²) in [6.07, 6.45) is 0. The molecule has 0 saturated heterocycles. The number of nitrogens with zero attached hydrogens (tertiary/aromatic N) is 2. The lowest BCUT2D eigenvalue weighted by Gasteiger charge is -2.11. The van der Waals surface area contributed by atoms with Crippen molar-refractivity contribution in [3.05, 3.63) is 70.2 Å². The summed E-state index contributed by atoms with van der Waals surface area (Å²) >= 11 is 0. The molecule has 0 amide bonds. The van der Waals surface area contributed by atoms with Gasteiger partial charge in [0.15, 0.2) is 5.69 Å². The van der Waals surface area contributed by atoms with Crippen LogP contribution >= 0.6 is 0 Å². The number of rotatable bonds is 2. The van der Waals surface area contributed by atoms with E-state index in [9.17, 15) is 0 Å². The molecule has 0 fully saturated rings. The van der Waals surface area contributed by atoms with E-state index in [0.717, 1.165) is 38.9 Å². The van der Waals surface area contributed by atoms with E-state index >= 15 is 0 Å². The molecule has 2 heterocycles. The van der Waals surface area contributed by atoms with E-state index in [1.54, 1.807) is 12.1 Å². The largest absolute Gasteiger partial charge is 0.466 e. The number of aryl methyl sites for hydroxylation is 3. The van der Waals surface area contributed by atoms with Crippen molar-refractivity contribution in [2.45, 2.75) is 40.4 Å². The van der Waals surface area contributed by atoms with Crippen LogP contribution in [0.5, 0.6) is 0 Å². The van der Waals surface area contributed by atoms with E-state index in [1.165, 1.54) is 6.92 Å². The third-order valence-electron chi connectivity index (χ3n) is 5.54. The van der Waals surface area contributed by atoms with E-state index < -0.39 is 12.7 Å². The first kappa shape index (κ1) is 14.0. The van der Waals surface area contributed by atoms with Crippen LogP contribution < -0.4 is 4.57 Å². The van der Waals surface area contributed by atoms with Crippen molar-refractivity contribution in [2.24, 2.45) is 7.05 Å². The molecule has 140 valence electrons. The summed E-state index contributed by atoms with van der Waals surface area (Å²) in [6.45, 7) is 12.3. The van der Waals surface area contributed by atoms with Crippen LogP contribution in [0.3, 0.4) is 0 Å². The summed E-state index contributed by atoms with van der Waals surface area (Å²) in [4.78, 5) is 3.69. The average Bonchev–Trinajstić information content (AvgIpc) is 3.07. The standard InChI is InChI=1S/C25H25N2O/c1-14(2)18-12-17(5)27(7)21(13-18)22-15(3)8-10-19-20-11-9-16(4)23(26-6)25(20)28-24(19)22/h8-14H,1-5,7H3/q+1/i1D3,14D. The highest BCUT2D eigenvalue weighted by atomic mass is 16.3. The van der Waals surface area contributed by atoms with Gasteiger partial charge in [0.1, 0.15) is 18.2 Å². The highest BCUT2D eigenvalue weighted by Crippen LogP contribution is 2.41. The van der Waals surface area contributed by atoms with E-state index in [2.05, 4.69) is 4.85 Å². The summed E-state index contributed by atoms with van der Waals surface area (Å²) in [6, 6.07) is 11.4. The van der Waals surface area contributed by atoms with Gasteiger partial charge in [-0.2, -0.15) is 4.57 Å². The zero-order chi connectivity index (χ0) is 23.6. The molecular formula is C25H25N2O+. The maximum Gasteiger partial charge on any atom is 0.232 e. The van der Waals surface area contributed by atoms with Crippen LogP contribution in [0.4, 0.5) is 5.69 Å². The van der Waals surface area contributed by atoms with Gasteiger partial charge in [0.05, 0.1) is 12.1 Å². The zero-order valence-corrected chi connectivity index (χ0v) is 16.8. The Balaban J connectivity index is 2.12. The predicted octanol–water partition coefficient (Wildman–Crippen LogP) is 6.68. The molecule has 0 saturated carbocycles. The van der Waals surface area contributed by atoms with Crippen molar-refractivity contribution < 1.29 is 14.5 Å². The molecule has 28 heavy (non-hydrogen) atoms. The average molecular weight is 374 g/mol. The molecule has 0 aliphatic heterocycles. The molecule has 2 aromatic heterocycles. The fraction of sp³-hybridized carbons (Fsp3) is 0.280. The van der Waals surface area contributed by atoms with Crippen molar-refractivity contribution in [3.63, 3.8) is 0 Å². The summed E-state index contributed by atoms with van der Waals surface area (Å²) in [5.41, 5.74) is 6.40. The third-order valence-corrected chi connectivity index (χ3v) is 5.54. The Labute approximate surface area is 171 Å². The number of aromatic nitrogens is 1. The molecule has 3 heteroatoms. The van der Waals surface area contributed by atoms with Crippen molar-refractivity contribution in [1.29, 1.82) is 0 Å². The third kappa shape index (κ3) is 2.60. The molecule has 0 radical (unpaired) electrons. The van der Waals surface area contributed by atoms with Crippen LogP contribution in [0.1, 0.15) is 47.5 Å². The summed E-state index contributed by atoms with van der Waals surface area (Å²) in [7, 11) is 1.92. The normalized spacial score (nSPS) is 16.1. The Kier molecular flexibility index (Phi) is 3.24. The molecular weight excluding hydrogens is 344 g/mol. The summed E-state index contributed by atoms with van der Waals surface area (Å²) < 4.78 is 40.5. The summed E-state index contributed by atoms with van der Waals surface area (Å²) in [5.74, 6) is -1.76. The van der Waals surface area contributed by atoms with Crippen LogP contribution in [-0.4, -0.2) is 0 Å². The molecule has 0 aliphatic carbocycles. The van der Waals surface area contributed by atoms with Crippen molar-refractivity contribution in [2.75, 3.05) is 0 Å². The van der Waals surface area contributed by atoms with Gasteiger partial charge in [-0.25, -0.2) is 4.85 Å². The number of pyridine rings is 1. The number of benzene rings is 2.